The second-order valence-corrected chi connectivity index (χ2v) is 7.03. The normalized spacial score (nSPS) is 12.2. The molecule has 0 aliphatic rings. The number of ketones is 1. The maximum atomic E-state index is 12.0. The maximum Gasteiger partial charge on any atom is 0.163 e. The number of aliphatic hydroxyl groups is 1. The van der Waals surface area contributed by atoms with E-state index < -0.39 is 6.10 Å². The zero-order valence-corrected chi connectivity index (χ0v) is 14.8. The van der Waals surface area contributed by atoms with Gasteiger partial charge in [-0.25, -0.2) is 4.98 Å². The average Bonchev–Trinajstić information content (AvgIpc) is 2.59. The number of hydrogen-bond acceptors (Lipinski definition) is 5. The van der Waals surface area contributed by atoms with Gasteiger partial charge < -0.3 is 9.84 Å². The summed E-state index contributed by atoms with van der Waals surface area (Å²) in [6.45, 7) is 4.26. The Morgan fingerprint density at radius 1 is 1.21 bits per heavy atom. The Labute approximate surface area is 147 Å². The Kier molecular flexibility index (Phi) is 7.28. The molecule has 5 heteroatoms. The lowest BCUT2D eigenvalue weighted by molar-refractivity contribution is 0.0967. The number of nitrogens with zero attached hydrogens (tertiary/aromatic N) is 1. The highest BCUT2D eigenvalue weighted by Gasteiger charge is 2.10. The monoisotopic (exact) mass is 345 g/mol. The molecule has 0 aliphatic carbocycles. The molecule has 2 aromatic rings. The summed E-state index contributed by atoms with van der Waals surface area (Å²) >= 11 is 1.49. The molecule has 1 aromatic heterocycles. The van der Waals surface area contributed by atoms with E-state index in [1.54, 1.807) is 30.5 Å². The molecule has 1 atom stereocenters. The summed E-state index contributed by atoms with van der Waals surface area (Å²) in [5.41, 5.74) is 0.697. The second kappa shape index (κ2) is 9.45. The van der Waals surface area contributed by atoms with Crippen molar-refractivity contribution in [2.24, 2.45) is 5.92 Å². The molecule has 0 saturated carbocycles. The average molecular weight is 345 g/mol. The van der Waals surface area contributed by atoms with Gasteiger partial charge in [-0.05, 0) is 42.3 Å². The maximum absolute atomic E-state index is 12.0. The van der Waals surface area contributed by atoms with Gasteiger partial charge in [0.05, 0.1) is 11.1 Å². The number of carbonyl (C=O) groups excluding carboxylic acids is 1. The SMILES string of the molecule is CC(C)CC(=O)c1ccc(OCC(O)CSc2ccccn2)cc1. The molecule has 0 bridgehead atoms. The number of ether oxygens (including phenoxy) is 1. The minimum Gasteiger partial charge on any atom is -0.491 e. The van der Waals surface area contributed by atoms with Crippen molar-refractivity contribution in [1.82, 2.24) is 4.98 Å². The zero-order valence-electron chi connectivity index (χ0n) is 14.0. The Morgan fingerprint density at radius 2 is 1.96 bits per heavy atom. The summed E-state index contributed by atoms with van der Waals surface area (Å²) in [5.74, 6) is 1.66. The van der Waals surface area contributed by atoms with Crippen LogP contribution < -0.4 is 4.74 Å². The van der Waals surface area contributed by atoms with E-state index in [-0.39, 0.29) is 12.4 Å². The second-order valence-electron chi connectivity index (χ2n) is 5.99. The first-order valence-electron chi connectivity index (χ1n) is 8.02. The number of hydrogen-bond donors (Lipinski definition) is 1. The first-order valence-corrected chi connectivity index (χ1v) is 9.01. The largest absolute Gasteiger partial charge is 0.491 e. The standard InChI is InChI=1S/C19H23NO3S/c1-14(2)11-18(22)15-6-8-17(9-7-15)23-12-16(21)13-24-19-5-3-4-10-20-19/h3-10,14,16,21H,11-13H2,1-2H3. The molecule has 1 aromatic carbocycles. The fourth-order valence-electron chi connectivity index (χ4n) is 2.08. The van der Waals surface area contributed by atoms with Crippen LogP contribution in [0.3, 0.4) is 0 Å². The molecule has 0 saturated heterocycles. The van der Waals surface area contributed by atoms with Gasteiger partial charge in [0.2, 0.25) is 0 Å². The topological polar surface area (TPSA) is 59.4 Å². The van der Waals surface area contributed by atoms with Crippen LogP contribution >= 0.6 is 11.8 Å². The number of carbonyl (C=O) groups is 1. The van der Waals surface area contributed by atoms with E-state index >= 15 is 0 Å². The van der Waals surface area contributed by atoms with E-state index in [1.165, 1.54) is 11.8 Å². The quantitative estimate of drug-likeness (QED) is 0.553. The smallest absolute Gasteiger partial charge is 0.163 e. The van der Waals surface area contributed by atoms with Gasteiger partial charge in [0.15, 0.2) is 5.78 Å². The van der Waals surface area contributed by atoms with E-state index in [0.29, 0.717) is 29.4 Å². The summed E-state index contributed by atoms with van der Waals surface area (Å²) < 4.78 is 5.58. The molecule has 0 amide bonds. The van der Waals surface area contributed by atoms with E-state index in [1.807, 2.05) is 32.0 Å². The summed E-state index contributed by atoms with van der Waals surface area (Å²) in [6, 6.07) is 12.8. The van der Waals surface area contributed by atoms with Gasteiger partial charge in [0, 0.05) is 23.9 Å². The molecule has 1 N–H and O–H groups in total. The minimum absolute atomic E-state index is 0.142. The Balaban J connectivity index is 1.76. The van der Waals surface area contributed by atoms with Crippen molar-refractivity contribution < 1.29 is 14.6 Å². The molecule has 24 heavy (non-hydrogen) atoms. The summed E-state index contributed by atoms with van der Waals surface area (Å²) in [5, 5.41) is 10.9. The lowest BCUT2D eigenvalue weighted by Gasteiger charge is -2.12. The minimum atomic E-state index is -0.584. The van der Waals surface area contributed by atoms with Crippen LogP contribution in [0.4, 0.5) is 0 Å². The lowest BCUT2D eigenvalue weighted by Crippen LogP contribution is -2.20. The van der Waals surface area contributed by atoms with Gasteiger partial charge in [0.1, 0.15) is 12.4 Å². The lowest BCUT2D eigenvalue weighted by atomic mass is 10.0. The van der Waals surface area contributed by atoms with Crippen LogP contribution in [0.15, 0.2) is 53.7 Å². The van der Waals surface area contributed by atoms with E-state index in [2.05, 4.69) is 4.98 Å². The van der Waals surface area contributed by atoms with Crippen molar-refractivity contribution in [2.45, 2.75) is 31.4 Å². The fraction of sp³-hybridized carbons (Fsp3) is 0.368. The Bertz CT molecular complexity index is 629. The van der Waals surface area contributed by atoms with Crippen molar-refractivity contribution in [2.75, 3.05) is 12.4 Å². The van der Waals surface area contributed by atoms with Crippen molar-refractivity contribution >= 4 is 17.5 Å². The van der Waals surface area contributed by atoms with Gasteiger partial charge in [0.25, 0.3) is 0 Å². The number of benzene rings is 1. The number of pyridine rings is 1. The predicted molar refractivity (Wildman–Crippen MR) is 96.7 cm³/mol. The Hall–Kier alpha value is -1.85. The van der Waals surface area contributed by atoms with Gasteiger partial charge >= 0.3 is 0 Å². The Morgan fingerprint density at radius 3 is 2.58 bits per heavy atom. The molecule has 128 valence electrons. The van der Waals surface area contributed by atoms with Crippen LogP contribution in [0.5, 0.6) is 5.75 Å². The summed E-state index contributed by atoms with van der Waals surface area (Å²) in [7, 11) is 0. The van der Waals surface area contributed by atoms with Crippen LogP contribution in [0.2, 0.25) is 0 Å². The number of thioether (sulfide) groups is 1. The third-order valence-electron chi connectivity index (χ3n) is 3.27. The molecule has 1 heterocycles. The molecule has 4 nitrogen and oxygen atoms in total. The molecule has 2 rings (SSSR count). The van der Waals surface area contributed by atoms with Gasteiger partial charge in [-0.15, -0.1) is 11.8 Å². The van der Waals surface area contributed by atoms with E-state index in [0.717, 1.165) is 5.03 Å². The van der Waals surface area contributed by atoms with Crippen LogP contribution in [0, 0.1) is 5.92 Å². The highest BCUT2D eigenvalue weighted by Crippen LogP contribution is 2.18. The number of aromatic nitrogens is 1. The fourth-order valence-corrected chi connectivity index (χ4v) is 2.85. The van der Waals surface area contributed by atoms with Crippen LogP contribution in [-0.4, -0.2) is 34.3 Å². The van der Waals surface area contributed by atoms with Gasteiger partial charge in [-0.2, -0.15) is 0 Å². The highest BCUT2D eigenvalue weighted by atomic mass is 32.2. The molecule has 1 unspecified atom stereocenters. The number of Topliss-reactive ketones (excluding diaryl/α,β-unsaturated/α-hetero) is 1. The van der Waals surface area contributed by atoms with E-state index in [4.69, 9.17) is 4.74 Å². The molecule has 0 radical (unpaired) electrons. The summed E-state index contributed by atoms with van der Waals surface area (Å²) in [4.78, 5) is 16.2. The van der Waals surface area contributed by atoms with Crippen molar-refractivity contribution in [1.29, 1.82) is 0 Å². The molecule has 0 spiro atoms. The first-order chi connectivity index (χ1) is 11.5. The zero-order chi connectivity index (χ0) is 17.4. The number of aliphatic hydroxyl groups excluding tert-OH is 1. The van der Waals surface area contributed by atoms with Crippen molar-refractivity contribution in [3.63, 3.8) is 0 Å². The van der Waals surface area contributed by atoms with Gasteiger partial charge in [-0.3, -0.25) is 4.79 Å². The third kappa shape index (κ3) is 6.34. The van der Waals surface area contributed by atoms with Crippen molar-refractivity contribution in [3.05, 3.63) is 54.2 Å². The van der Waals surface area contributed by atoms with Gasteiger partial charge in [-0.1, -0.05) is 19.9 Å². The van der Waals surface area contributed by atoms with Crippen molar-refractivity contribution in [3.8, 4) is 5.75 Å². The third-order valence-corrected chi connectivity index (χ3v) is 4.36. The predicted octanol–water partition coefficient (Wildman–Crippen LogP) is 3.84. The van der Waals surface area contributed by atoms with Crippen LogP contribution in [-0.2, 0) is 0 Å². The van der Waals surface area contributed by atoms with Crippen LogP contribution in [0.1, 0.15) is 30.6 Å². The molecule has 0 fully saturated rings. The van der Waals surface area contributed by atoms with E-state index in [9.17, 15) is 9.90 Å². The molecule has 0 aliphatic heterocycles. The first kappa shape index (κ1) is 18.5. The molecular weight excluding hydrogens is 322 g/mol. The number of rotatable bonds is 9. The molecular formula is C19H23NO3S. The highest BCUT2D eigenvalue weighted by molar-refractivity contribution is 7.99. The van der Waals surface area contributed by atoms with Crippen LogP contribution in [0.25, 0.3) is 0 Å². The summed E-state index contributed by atoms with van der Waals surface area (Å²) in [6.07, 6.45) is 1.69.